The summed E-state index contributed by atoms with van der Waals surface area (Å²) >= 11 is 1.40. The highest BCUT2D eigenvalue weighted by Gasteiger charge is 2.25. The van der Waals surface area contributed by atoms with E-state index in [4.69, 9.17) is 9.47 Å². The van der Waals surface area contributed by atoms with E-state index >= 15 is 0 Å². The lowest BCUT2D eigenvalue weighted by Gasteiger charge is -2.19. The van der Waals surface area contributed by atoms with Crippen LogP contribution in [0.25, 0.3) is 10.2 Å². The van der Waals surface area contributed by atoms with Crippen LogP contribution in [-0.4, -0.2) is 50.5 Å². The molecule has 8 nitrogen and oxygen atoms in total. The zero-order chi connectivity index (χ0) is 25.0. The van der Waals surface area contributed by atoms with Gasteiger partial charge in [0.2, 0.25) is 10.0 Å². The fraction of sp³-hybridized carbons (Fsp3) is 0.440. The van der Waals surface area contributed by atoms with Gasteiger partial charge in [0, 0.05) is 37.3 Å². The second-order valence-corrected chi connectivity index (χ2v) is 11.4. The molecule has 0 spiro atoms. The van der Waals surface area contributed by atoms with Crippen LogP contribution in [0.2, 0.25) is 0 Å². The van der Waals surface area contributed by atoms with E-state index in [-0.39, 0.29) is 4.90 Å². The van der Waals surface area contributed by atoms with Crippen molar-refractivity contribution in [3.63, 3.8) is 0 Å². The molecule has 35 heavy (non-hydrogen) atoms. The molecule has 3 aromatic rings. The summed E-state index contributed by atoms with van der Waals surface area (Å²) in [6.45, 7) is 3.83. The molecule has 4 rings (SSSR count). The molecule has 2 heterocycles. The van der Waals surface area contributed by atoms with E-state index in [1.54, 1.807) is 30.7 Å². The average Bonchev–Trinajstić information content (AvgIpc) is 3.03. The number of fused-ring (bicyclic) bond motifs is 1. The van der Waals surface area contributed by atoms with E-state index in [0.717, 1.165) is 42.3 Å². The molecule has 1 fully saturated rings. The van der Waals surface area contributed by atoms with Gasteiger partial charge in [-0.05, 0) is 43.5 Å². The molecular formula is C25H31N3O5S2. The standard InChI is InChI=1S/C25H31N3O5S2/c1-4-13-28-20-16-21(32-2)22(33-3)17-23(20)34-25(28)26-24(29)18-9-11-19(12-10-18)35(30,31)27-14-7-5-6-8-15-27/h9-12,16-17H,4-8,13-15H2,1-3H3. The fourth-order valence-electron chi connectivity index (χ4n) is 4.27. The maximum Gasteiger partial charge on any atom is 0.279 e. The summed E-state index contributed by atoms with van der Waals surface area (Å²) in [5, 5.41) is 0. The minimum atomic E-state index is -3.57. The van der Waals surface area contributed by atoms with Crippen LogP contribution in [0.4, 0.5) is 0 Å². The molecule has 0 atom stereocenters. The third-order valence-electron chi connectivity index (χ3n) is 6.14. The van der Waals surface area contributed by atoms with E-state index in [2.05, 4.69) is 11.9 Å². The van der Waals surface area contributed by atoms with Crippen LogP contribution in [0, 0.1) is 0 Å². The van der Waals surface area contributed by atoms with Crippen LogP contribution in [0.3, 0.4) is 0 Å². The van der Waals surface area contributed by atoms with Gasteiger partial charge in [0.25, 0.3) is 5.91 Å². The Kier molecular flexibility index (Phi) is 7.93. The van der Waals surface area contributed by atoms with E-state index in [1.165, 1.54) is 23.5 Å². The number of benzene rings is 2. The highest BCUT2D eigenvalue weighted by molar-refractivity contribution is 7.89. The third-order valence-corrected chi connectivity index (χ3v) is 9.09. The van der Waals surface area contributed by atoms with Gasteiger partial charge in [0.15, 0.2) is 16.3 Å². The van der Waals surface area contributed by atoms with Crippen molar-refractivity contribution in [3.05, 3.63) is 46.8 Å². The zero-order valence-corrected chi connectivity index (χ0v) is 22.0. The summed E-state index contributed by atoms with van der Waals surface area (Å²) in [5.74, 6) is 0.810. The lowest BCUT2D eigenvalue weighted by molar-refractivity contribution is 0.0997. The Morgan fingerprint density at radius 3 is 2.23 bits per heavy atom. The Balaban J connectivity index is 1.67. The monoisotopic (exact) mass is 517 g/mol. The van der Waals surface area contributed by atoms with Crippen molar-refractivity contribution < 1.29 is 22.7 Å². The van der Waals surface area contributed by atoms with Crippen LogP contribution in [-0.2, 0) is 16.6 Å². The summed E-state index contributed by atoms with van der Waals surface area (Å²) in [6.07, 6.45) is 4.72. The maximum absolute atomic E-state index is 13.0. The van der Waals surface area contributed by atoms with Crippen molar-refractivity contribution in [2.24, 2.45) is 4.99 Å². The quantitative estimate of drug-likeness (QED) is 0.462. The second-order valence-electron chi connectivity index (χ2n) is 8.47. The first-order chi connectivity index (χ1) is 16.9. The highest BCUT2D eigenvalue weighted by atomic mass is 32.2. The SMILES string of the molecule is CCCn1c(=NC(=O)c2ccc(S(=O)(=O)N3CCCCCC3)cc2)sc2cc(OC)c(OC)cc21. The molecular weight excluding hydrogens is 486 g/mol. The van der Waals surface area contributed by atoms with Gasteiger partial charge in [-0.15, -0.1) is 0 Å². The largest absolute Gasteiger partial charge is 0.493 e. The number of sulfonamides is 1. The molecule has 188 valence electrons. The van der Waals surface area contributed by atoms with Gasteiger partial charge in [0.05, 0.1) is 29.3 Å². The number of amides is 1. The minimum Gasteiger partial charge on any atom is -0.493 e. The molecule has 1 aromatic heterocycles. The number of carbonyl (C=O) groups excluding carboxylic acids is 1. The van der Waals surface area contributed by atoms with Gasteiger partial charge < -0.3 is 14.0 Å². The fourth-order valence-corrected chi connectivity index (χ4v) is 6.86. The zero-order valence-electron chi connectivity index (χ0n) is 20.3. The smallest absolute Gasteiger partial charge is 0.279 e. The Hall–Kier alpha value is -2.69. The van der Waals surface area contributed by atoms with Gasteiger partial charge >= 0.3 is 0 Å². The number of aromatic nitrogens is 1. The van der Waals surface area contributed by atoms with Crippen LogP contribution < -0.4 is 14.3 Å². The van der Waals surface area contributed by atoms with Crippen LogP contribution in [0.5, 0.6) is 11.5 Å². The number of thiazole rings is 1. The van der Waals surface area contributed by atoms with Crippen molar-refractivity contribution in [2.75, 3.05) is 27.3 Å². The molecule has 0 aliphatic carbocycles. The highest BCUT2D eigenvalue weighted by Crippen LogP contribution is 2.33. The number of ether oxygens (including phenoxy) is 2. The molecule has 0 radical (unpaired) electrons. The molecule has 1 saturated heterocycles. The predicted molar refractivity (Wildman–Crippen MR) is 137 cm³/mol. The summed E-state index contributed by atoms with van der Waals surface area (Å²) in [4.78, 5) is 18.2. The average molecular weight is 518 g/mol. The third kappa shape index (κ3) is 5.29. The van der Waals surface area contributed by atoms with Gasteiger partial charge in [-0.1, -0.05) is 31.1 Å². The molecule has 10 heteroatoms. The molecule has 0 saturated carbocycles. The minimum absolute atomic E-state index is 0.207. The van der Waals surface area contributed by atoms with Crippen molar-refractivity contribution in [2.45, 2.75) is 50.5 Å². The Bertz CT molecular complexity index is 1370. The van der Waals surface area contributed by atoms with Crippen molar-refractivity contribution in [1.29, 1.82) is 0 Å². The Morgan fingerprint density at radius 2 is 1.63 bits per heavy atom. The number of aryl methyl sites for hydroxylation is 1. The van der Waals surface area contributed by atoms with Crippen LogP contribution in [0.15, 0.2) is 46.3 Å². The molecule has 0 unspecified atom stereocenters. The molecule has 1 amide bonds. The van der Waals surface area contributed by atoms with Crippen LogP contribution >= 0.6 is 11.3 Å². The maximum atomic E-state index is 13.0. The first kappa shape index (κ1) is 25.4. The first-order valence-corrected chi connectivity index (χ1v) is 14.1. The van der Waals surface area contributed by atoms with Crippen molar-refractivity contribution >= 4 is 37.5 Å². The van der Waals surface area contributed by atoms with Gasteiger partial charge in [-0.3, -0.25) is 4.79 Å². The normalized spacial score (nSPS) is 15.8. The predicted octanol–water partition coefficient (Wildman–Crippen LogP) is 4.44. The molecule has 2 aromatic carbocycles. The Morgan fingerprint density at radius 1 is 1.00 bits per heavy atom. The van der Waals surface area contributed by atoms with Gasteiger partial charge in [-0.25, -0.2) is 8.42 Å². The Labute approximate surface area is 209 Å². The summed E-state index contributed by atoms with van der Waals surface area (Å²) < 4.78 is 41.4. The molecule has 1 aliphatic rings. The summed E-state index contributed by atoms with van der Waals surface area (Å²) in [6, 6.07) is 9.87. The number of carbonyl (C=O) groups is 1. The molecule has 1 aliphatic heterocycles. The lowest BCUT2D eigenvalue weighted by atomic mass is 10.2. The number of methoxy groups -OCH3 is 2. The molecule has 0 bridgehead atoms. The van der Waals surface area contributed by atoms with Crippen LogP contribution in [0.1, 0.15) is 49.4 Å². The van der Waals surface area contributed by atoms with E-state index in [9.17, 15) is 13.2 Å². The van der Waals surface area contributed by atoms with Gasteiger partial charge in [0.1, 0.15) is 0 Å². The first-order valence-electron chi connectivity index (χ1n) is 11.8. The number of hydrogen-bond donors (Lipinski definition) is 0. The van der Waals surface area contributed by atoms with Crippen molar-refractivity contribution in [1.82, 2.24) is 8.87 Å². The molecule has 0 N–H and O–H groups in total. The van der Waals surface area contributed by atoms with Gasteiger partial charge in [-0.2, -0.15) is 9.30 Å². The lowest BCUT2D eigenvalue weighted by Crippen LogP contribution is -2.31. The van der Waals surface area contributed by atoms with Crippen molar-refractivity contribution in [3.8, 4) is 11.5 Å². The second kappa shape index (κ2) is 10.9. The number of rotatable bonds is 7. The number of hydrogen-bond acceptors (Lipinski definition) is 6. The van der Waals surface area contributed by atoms with E-state index in [1.807, 2.05) is 16.7 Å². The summed E-state index contributed by atoms with van der Waals surface area (Å²) in [7, 11) is -0.391. The summed E-state index contributed by atoms with van der Waals surface area (Å²) in [5.41, 5.74) is 1.26. The number of nitrogens with zero attached hydrogens (tertiary/aromatic N) is 3. The van der Waals surface area contributed by atoms with E-state index < -0.39 is 15.9 Å². The van der Waals surface area contributed by atoms with E-state index in [0.29, 0.717) is 41.5 Å². The topological polar surface area (TPSA) is 90.2 Å².